The second-order valence-electron chi connectivity index (χ2n) is 4.80. The van der Waals surface area contributed by atoms with Gasteiger partial charge >= 0.3 is 0 Å². The SMILES string of the molecule is CC1CCCN(S(=O)(=O)c2cc(N)ccc2Cl)C1. The number of nitrogen functional groups attached to an aromatic ring is 1. The van der Waals surface area contributed by atoms with Gasteiger partial charge in [-0.3, -0.25) is 0 Å². The summed E-state index contributed by atoms with van der Waals surface area (Å²) in [6, 6.07) is 4.55. The quantitative estimate of drug-likeness (QED) is 0.850. The summed E-state index contributed by atoms with van der Waals surface area (Å²) < 4.78 is 26.5. The third-order valence-electron chi connectivity index (χ3n) is 3.19. The predicted molar refractivity (Wildman–Crippen MR) is 73.0 cm³/mol. The van der Waals surface area contributed by atoms with Gasteiger partial charge in [-0.1, -0.05) is 18.5 Å². The molecule has 2 rings (SSSR count). The number of hydrogen-bond acceptors (Lipinski definition) is 3. The Labute approximate surface area is 113 Å². The molecule has 0 aromatic heterocycles. The smallest absolute Gasteiger partial charge is 0.244 e. The van der Waals surface area contributed by atoms with Gasteiger partial charge in [-0.2, -0.15) is 4.31 Å². The van der Waals surface area contributed by atoms with Gasteiger partial charge in [0, 0.05) is 18.8 Å². The lowest BCUT2D eigenvalue weighted by molar-refractivity contribution is 0.281. The number of hydrogen-bond donors (Lipinski definition) is 1. The summed E-state index contributed by atoms with van der Waals surface area (Å²) in [6.45, 7) is 3.16. The van der Waals surface area contributed by atoms with Crippen LogP contribution in [0.4, 0.5) is 5.69 Å². The van der Waals surface area contributed by atoms with Crippen LogP contribution < -0.4 is 5.73 Å². The summed E-state index contributed by atoms with van der Waals surface area (Å²) in [7, 11) is -3.53. The molecular weight excluding hydrogens is 272 g/mol. The molecule has 1 fully saturated rings. The Morgan fingerprint density at radius 2 is 2.17 bits per heavy atom. The second kappa shape index (κ2) is 5.07. The maximum atomic E-state index is 12.5. The maximum absolute atomic E-state index is 12.5. The van der Waals surface area contributed by atoms with E-state index in [4.69, 9.17) is 17.3 Å². The van der Waals surface area contributed by atoms with Gasteiger partial charge in [-0.15, -0.1) is 0 Å². The molecule has 0 aliphatic carbocycles. The predicted octanol–water partition coefficient (Wildman–Crippen LogP) is 2.34. The lowest BCUT2D eigenvalue weighted by atomic mass is 10.0. The first kappa shape index (κ1) is 13.6. The van der Waals surface area contributed by atoms with E-state index in [1.54, 1.807) is 6.07 Å². The zero-order valence-corrected chi connectivity index (χ0v) is 11.8. The first-order valence-corrected chi connectivity index (χ1v) is 7.78. The first-order chi connectivity index (χ1) is 8.41. The molecule has 1 atom stereocenters. The fourth-order valence-corrected chi connectivity index (χ4v) is 4.33. The summed E-state index contributed by atoms with van der Waals surface area (Å²) in [5, 5.41) is 0.224. The van der Waals surface area contributed by atoms with Crippen molar-refractivity contribution < 1.29 is 8.42 Å². The molecule has 4 nitrogen and oxygen atoms in total. The van der Waals surface area contributed by atoms with E-state index in [0.717, 1.165) is 12.8 Å². The summed E-state index contributed by atoms with van der Waals surface area (Å²) in [5.41, 5.74) is 6.04. The number of nitrogens with two attached hydrogens (primary N) is 1. The zero-order chi connectivity index (χ0) is 13.3. The van der Waals surface area contributed by atoms with Crippen LogP contribution in [0.25, 0.3) is 0 Å². The highest BCUT2D eigenvalue weighted by Crippen LogP contribution is 2.29. The number of benzene rings is 1. The molecule has 2 N–H and O–H groups in total. The molecule has 0 amide bonds. The Balaban J connectivity index is 2.38. The molecule has 1 aromatic rings. The highest BCUT2D eigenvalue weighted by atomic mass is 35.5. The molecule has 1 aliphatic heterocycles. The molecule has 0 spiro atoms. The number of anilines is 1. The Bertz CT molecular complexity index is 545. The van der Waals surface area contributed by atoms with Crippen molar-refractivity contribution in [2.45, 2.75) is 24.7 Å². The normalized spacial score (nSPS) is 22.0. The lowest BCUT2D eigenvalue weighted by Crippen LogP contribution is -2.39. The van der Waals surface area contributed by atoms with Gasteiger partial charge in [-0.25, -0.2) is 8.42 Å². The minimum absolute atomic E-state index is 0.110. The van der Waals surface area contributed by atoms with Crippen molar-refractivity contribution in [2.24, 2.45) is 5.92 Å². The zero-order valence-electron chi connectivity index (χ0n) is 10.3. The van der Waals surface area contributed by atoms with Gasteiger partial charge < -0.3 is 5.73 Å². The molecule has 0 bridgehead atoms. The van der Waals surface area contributed by atoms with Gasteiger partial charge in [0.2, 0.25) is 10.0 Å². The monoisotopic (exact) mass is 288 g/mol. The van der Waals surface area contributed by atoms with Gasteiger partial charge in [0.15, 0.2) is 0 Å². The van der Waals surface area contributed by atoms with Crippen LogP contribution in [0.2, 0.25) is 5.02 Å². The van der Waals surface area contributed by atoms with E-state index in [-0.39, 0.29) is 9.92 Å². The number of rotatable bonds is 2. The largest absolute Gasteiger partial charge is 0.399 e. The summed E-state index contributed by atoms with van der Waals surface area (Å²) in [6.07, 6.45) is 1.96. The molecule has 6 heteroatoms. The fourth-order valence-electron chi connectivity index (χ4n) is 2.22. The average Bonchev–Trinajstić information content (AvgIpc) is 2.32. The van der Waals surface area contributed by atoms with E-state index < -0.39 is 10.0 Å². The van der Waals surface area contributed by atoms with E-state index in [1.807, 2.05) is 0 Å². The summed E-state index contributed by atoms with van der Waals surface area (Å²) >= 11 is 5.97. The molecule has 1 saturated heterocycles. The maximum Gasteiger partial charge on any atom is 0.244 e. The molecule has 1 aromatic carbocycles. The number of nitrogens with zero attached hydrogens (tertiary/aromatic N) is 1. The van der Waals surface area contributed by atoms with Crippen molar-refractivity contribution in [3.63, 3.8) is 0 Å². The molecule has 1 unspecified atom stereocenters. The molecule has 100 valence electrons. The van der Waals surface area contributed by atoms with Crippen LogP contribution in [0, 0.1) is 5.92 Å². The highest BCUT2D eigenvalue weighted by molar-refractivity contribution is 7.89. The van der Waals surface area contributed by atoms with E-state index in [2.05, 4.69) is 6.92 Å². The molecule has 1 heterocycles. The van der Waals surface area contributed by atoms with Gasteiger partial charge in [-0.05, 0) is 37.0 Å². The Morgan fingerprint density at radius 3 is 2.83 bits per heavy atom. The van der Waals surface area contributed by atoms with E-state index >= 15 is 0 Å². The van der Waals surface area contributed by atoms with Crippen LogP contribution in [-0.2, 0) is 10.0 Å². The average molecular weight is 289 g/mol. The third kappa shape index (κ3) is 2.63. The highest BCUT2D eigenvalue weighted by Gasteiger charge is 2.30. The van der Waals surface area contributed by atoms with Crippen molar-refractivity contribution in [3.05, 3.63) is 23.2 Å². The van der Waals surface area contributed by atoms with Gasteiger partial charge in [0.1, 0.15) is 4.90 Å². The molecule has 18 heavy (non-hydrogen) atoms. The minimum Gasteiger partial charge on any atom is -0.399 e. The summed E-state index contributed by atoms with van der Waals surface area (Å²) in [5.74, 6) is 0.383. The number of piperidine rings is 1. The van der Waals surface area contributed by atoms with Crippen LogP contribution in [-0.4, -0.2) is 25.8 Å². The van der Waals surface area contributed by atoms with E-state index in [0.29, 0.717) is 24.7 Å². The first-order valence-electron chi connectivity index (χ1n) is 5.96. The molecule has 0 saturated carbocycles. The minimum atomic E-state index is -3.53. The Hall–Kier alpha value is -0.780. The van der Waals surface area contributed by atoms with E-state index in [9.17, 15) is 8.42 Å². The van der Waals surface area contributed by atoms with Crippen LogP contribution in [0.1, 0.15) is 19.8 Å². The Morgan fingerprint density at radius 1 is 1.44 bits per heavy atom. The van der Waals surface area contributed by atoms with E-state index in [1.165, 1.54) is 16.4 Å². The van der Waals surface area contributed by atoms with Crippen molar-refractivity contribution >= 4 is 27.3 Å². The van der Waals surface area contributed by atoms with Crippen molar-refractivity contribution in [1.82, 2.24) is 4.31 Å². The van der Waals surface area contributed by atoms with Crippen LogP contribution in [0.3, 0.4) is 0 Å². The van der Waals surface area contributed by atoms with Crippen LogP contribution >= 0.6 is 11.6 Å². The standard InChI is InChI=1S/C12H17ClN2O2S/c1-9-3-2-6-15(8-9)18(16,17)12-7-10(14)4-5-11(12)13/h4-5,7,9H,2-3,6,8,14H2,1H3. The molecule has 1 aliphatic rings. The topological polar surface area (TPSA) is 63.4 Å². The number of sulfonamides is 1. The van der Waals surface area contributed by atoms with Crippen molar-refractivity contribution in [1.29, 1.82) is 0 Å². The molecule has 0 radical (unpaired) electrons. The number of halogens is 1. The van der Waals surface area contributed by atoms with Crippen LogP contribution in [0.15, 0.2) is 23.1 Å². The fraction of sp³-hybridized carbons (Fsp3) is 0.500. The van der Waals surface area contributed by atoms with Gasteiger partial charge in [0.25, 0.3) is 0 Å². The third-order valence-corrected chi connectivity index (χ3v) is 5.54. The van der Waals surface area contributed by atoms with Crippen molar-refractivity contribution in [2.75, 3.05) is 18.8 Å². The van der Waals surface area contributed by atoms with Crippen LogP contribution in [0.5, 0.6) is 0 Å². The van der Waals surface area contributed by atoms with Crippen molar-refractivity contribution in [3.8, 4) is 0 Å². The summed E-state index contributed by atoms with van der Waals surface area (Å²) in [4.78, 5) is 0.110. The molecular formula is C12H17ClN2O2S. The second-order valence-corrected chi connectivity index (χ2v) is 7.11. The van der Waals surface area contributed by atoms with Gasteiger partial charge in [0.05, 0.1) is 5.02 Å². The Kier molecular flexibility index (Phi) is 3.84. The lowest BCUT2D eigenvalue weighted by Gasteiger charge is -2.30.